The van der Waals surface area contributed by atoms with Gasteiger partial charge in [-0.2, -0.15) is 0 Å². The Labute approximate surface area is 130 Å². The molecule has 0 radical (unpaired) electrons. The highest BCUT2D eigenvalue weighted by Gasteiger charge is 2.42. The summed E-state index contributed by atoms with van der Waals surface area (Å²) in [5, 5.41) is 12.0. The maximum Gasteiger partial charge on any atom is 0.327 e. The van der Waals surface area contributed by atoms with Gasteiger partial charge < -0.3 is 15.2 Å². The smallest absolute Gasteiger partial charge is 0.327 e. The molecule has 0 saturated carbocycles. The summed E-state index contributed by atoms with van der Waals surface area (Å²) >= 11 is 1.53. The fourth-order valence-corrected chi connectivity index (χ4v) is 3.67. The lowest BCUT2D eigenvalue weighted by atomic mass is 10.2. The van der Waals surface area contributed by atoms with Crippen molar-refractivity contribution in [3.8, 4) is 0 Å². The summed E-state index contributed by atoms with van der Waals surface area (Å²) < 4.78 is 5.35. The third-order valence-corrected chi connectivity index (χ3v) is 4.84. The van der Waals surface area contributed by atoms with Crippen LogP contribution in [-0.4, -0.2) is 58.9 Å². The minimum atomic E-state index is -0.938. The first-order valence-electron chi connectivity index (χ1n) is 7.47. The van der Waals surface area contributed by atoms with Crippen LogP contribution in [0, 0.1) is 5.92 Å². The zero-order valence-corrected chi connectivity index (χ0v) is 13.8. The molecule has 0 bridgehead atoms. The number of nitrogens with zero attached hydrogens (tertiary/aromatic N) is 1. The predicted molar refractivity (Wildman–Crippen MR) is 83.5 cm³/mol. The highest BCUT2D eigenvalue weighted by atomic mass is 32.2. The highest BCUT2D eigenvalue weighted by molar-refractivity contribution is 8.00. The summed E-state index contributed by atoms with van der Waals surface area (Å²) in [4.78, 5) is 25.0. The predicted octanol–water partition coefficient (Wildman–Crippen LogP) is 2.00. The van der Waals surface area contributed by atoms with Crippen molar-refractivity contribution in [2.45, 2.75) is 45.0 Å². The Bertz CT molecular complexity index is 352. The first kappa shape index (κ1) is 18.1. The van der Waals surface area contributed by atoms with Crippen molar-refractivity contribution in [1.82, 2.24) is 10.2 Å². The van der Waals surface area contributed by atoms with Crippen LogP contribution in [0.1, 0.15) is 33.6 Å². The third-order valence-electron chi connectivity index (χ3n) is 3.21. The summed E-state index contributed by atoms with van der Waals surface area (Å²) in [5.41, 5.74) is 0. The van der Waals surface area contributed by atoms with Crippen molar-refractivity contribution in [1.29, 1.82) is 0 Å². The van der Waals surface area contributed by atoms with Crippen molar-refractivity contribution < 1.29 is 19.4 Å². The van der Waals surface area contributed by atoms with Gasteiger partial charge in [-0.15, -0.1) is 11.8 Å². The van der Waals surface area contributed by atoms with E-state index in [1.807, 2.05) is 20.8 Å². The number of carbonyl (C=O) groups is 2. The van der Waals surface area contributed by atoms with Crippen molar-refractivity contribution in [3.63, 3.8) is 0 Å². The molecule has 122 valence electrons. The Morgan fingerprint density at radius 1 is 1.43 bits per heavy atom. The topological polar surface area (TPSA) is 78.9 Å². The SMILES string of the molecule is CCCOCCCNC(=O)N1C(C(=O)O)CSC1C(C)C. The van der Waals surface area contributed by atoms with Crippen molar-refractivity contribution in [2.24, 2.45) is 5.92 Å². The minimum absolute atomic E-state index is 0.0811. The largest absolute Gasteiger partial charge is 0.480 e. The minimum Gasteiger partial charge on any atom is -0.480 e. The molecule has 1 fully saturated rings. The van der Waals surface area contributed by atoms with Crippen LogP contribution < -0.4 is 5.32 Å². The summed E-state index contributed by atoms with van der Waals surface area (Å²) in [6.07, 6.45) is 1.71. The van der Waals surface area contributed by atoms with E-state index in [1.165, 1.54) is 16.7 Å². The lowest BCUT2D eigenvalue weighted by molar-refractivity contribution is -0.141. The summed E-state index contributed by atoms with van der Waals surface area (Å²) in [5.74, 6) is -0.268. The number of carboxylic acids is 1. The second kappa shape index (κ2) is 9.15. The molecule has 1 rings (SSSR count). The molecule has 0 spiro atoms. The molecule has 2 amide bonds. The van der Waals surface area contributed by atoms with Gasteiger partial charge in [-0.05, 0) is 18.8 Å². The second-order valence-corrected chi connectivity index (χ2v) is 6.58. The average Bonchev–Trinajstić information content (AvgIpc) is 2.87. The molecule has 7 heteroatoms. The van der Waals surface area contributed by atoms with Gasteiger partial charge in [0.1, 0.15) is 6.04 Å². The number of hydrogen-bond acceptors (Lipinski definition) is 4. The Kier molecular flexibility index (Phi) is 7.88. The van der Waals surface area contributed by atoms with E-state index in [9.17, 15) is 14.7 Å². The summed E-state index contributed by atoms with van der Waals surface area (Å²) in [7, 11) is 0. The van der Waals surface area contributed by atoms with E-state index < -0.39 is 12.0 Å². The van der Waals surface area contributed by atoms with E-state index >= 15 is 0 Å². The number of urea groups is 1. The molecule has 1 saturated heterocycles. The number of carboxylic acid groups (broad SMARTS) is 1. The fourth-order valence-electron chi connectivity index (χ4n) is 2.20. The molecule has 6 nitrogen and oxygen atoms in total. The second-order valence-electron chi connectivity index (χ2n) is 5.43. The van der Waals surface area contributed by atoms with E-state index in [2.05, 4.69) is 5.32 Å². The first-order chi connectivity index (χ1) is 9.99. The molecule has 0 aromatic heterocycles. The molecular weight excluding hydrogens is 292 g/mol. The number of hydrogen-bond donors (Lipinski definition) is 2. The zero-order valence-electron chi connectivity index (χ0n) is 13.0. The molecule has 21 heavy (non-hydrogen) atoms. The van der Waals surface area contributed by atoms with E-state index in [-0.39, 0.29) is 17.3 Å². The van der Waals surface area contributed by atoms with Crippen molar-refractivity contribution >= 4 is 23.8 Å². The quantitative estimate of drug-likeness (QED) is 0.669. The van der Waals surface area contributed by atoms with Crippen molar-refractivity contribution in [2.75, 3.05) is 25.5 Å². The molecule has 0 aromatic carbocycles. The van der Waals surface area contributed by atoms with E-state index in [4.69, 9.17) is 4.74 Å². The summed E-state index contributed by atoms with van der Waals surface area (Å²) in [6.45, 7) is 7.89. The highest BCUT2D eigenvalue weighted by Crippen LogP contribution is 2.33. The molecule has 0 aliphatic carbocycles. The van der Waals surface area contributed by atoms with Crippen LogP contribution in [0.3, 0.4) is 0 Å². The number of amides is 2. The number of nitrogens with one attached hydrogen (secondary N) is 1. The molecule has 0 aromatic rings. The van der Waals surface area contributed by atoms with Crippen LogP contribution >= 0.6 is 11.8 Å². The van der Waals surface area contributed by atoms with Gasteiger partial charge in [0.25, 0.3) is 0 Å². The van der Waals surface area contributed by atoms with Gasteiger partial charge >= 0.3 is 12.0 Å². The van der Waals surface area contributed by atoms with Gasteiger partial charge in [0, 0.05) is 25.5 Å². The number of thioether (sulfide) groups is 1. The summed E-state index contributed by atoms with van der Waals surface area (Å²) in [6, 6.07) is -1.03. The number of carbonyl (C=O) groups excluding carboxylic acids is 1. The maximum absolute atomic E-state index is 12.3. The van der Waals surface area contributed by atoms with Gasteiger partial charge in [-0.25, -0.2) is 9.59 Å². The van der Waals surface area contributed by atoms with Crippen LogP contribution in [0.2, 0.25) is 0 Å². The van der Waals surface area contributed by atoms with Crippen molar-refractivity contribution in [3.05, 3.63) is 0 Å². The lowest BCUT2D eigenvalue weighted by Gasteiger charge is -2.29. The lowest BCUT2D eigenvalue weighted by Crippen LogP contribution is -2.51. The van der Waals surface area contributed by atoms with E-state index in [1.54, 1.807) is 0 Å². The van der Waals surface area contributed by atoms with Gasteiger partial charge in [-0.1, -0.05) is 20.8 Å². The number of ether oxygens (including phenoxy) is 1. The van der Waals surface area contributed by atoms with Crippen LogP contribution in [0.25, 0.3) is 0 Å². The fraction of sp³-hybridized carbons (Fsp3) is 0.857. The Morgan fingerprint density at radius 3 is 2.71 bits per heavy atom. The molecular formula is C14H26N2O4S. The Balaban J connectivity index is 2.46. The zero-order chi connectivity index (χ0) is 15.8. The molecule has 2 N–H and O–H groups in total. The van der Waals surface area contributed by atoms with Crippen LogP contribution in [0.5, 0.6) is 0 Å². The standard InChI is InChI=1S/C14H26N2O4S/c1-4-7-20-8-5-6-15-14(19)16-11(13(17)18)9-21-12(16)10(2)3/h10-12H,4-9H2,1-3H3,(H,15,19)(H,17,18). The third kappa shape index (κ3) is 5.39. The molecule has 1 aliphatic rings. The monoisotopic (exact) mass is 318 g/mol. The normalized spacial score (nSPS) is 21.8. The number of aliphatic carboxylic acids is 1. The number of rotatable bonds is 8. The van der Waals surface area contributed by atoms with Gasteiger partial charge in [0.05, 0.1) is 5.37 Å². The Morgan fingerprint density at radius 2 is 2.14 bits per heavy atom. The van der Waals surface area contributed by atoms with Crippen LogP contribution in [0.15, 0.2) is 0 Å². The maximum atomic E-state index is 12.3. The van der Waals surface area contributed by atoms with E-state index in [0.717, 1.165) is 19.4 Å². The van der Waals surface area contributed by atoms with Crippen LogP contribution in [0.4, 0.5) is 4.79 Å². The van der Waals surface area contributed by atoms with Gasteiger partial charge in [0.15, 0.2) is 0 Å². The molecule has 1 heterocycles. The molecule has 2 unspecified atom stereocenters. The Hall–Kier alpha value is -0.950. The van der Waals surface area contributed by atoms with Gasteiger partial charge in [-0.3, -0.25) is 4.90 Å². The average molecular weight is 318 g/mol. The van der Waals surface area contributed by atoms with E-state index in [0.29, 0.717) is 18.9 Å². The van der Waals surface area contributed by atoms with Gasteiger partial charge in [0.2, 0.25) is 0 Å². The molecule has 2 atom stereocenters. The van der Waals surface area contributed by atoms with Crippen LogP contribution in [-0.2, 0) is 9.53 Å². The molecule has 1 aliphatic heterocycles. The first-order valence-corrected chi connectivity index (χ1v) is 8.52.